The van der Waals surface area contributed by atoms with E-state index in [9.17, 15) is 14.9 Å². The van der Waals surface area contributed by atoms with Gasteiger partial charge in [-0.3, -0.25) is 14.9 Å². The SMILES string of the molecule is CCOC(=C[N+](=O)[O-])C(C)=O. The van der Waals surface area contributed by atoms with Gasteiger partial charge in [0.1, 0.15) is 0 Å². The number of Topliss-reactive ketones (excluding diaryl/α,β-unsaturated/α-hetero) is 1. The van der Waals surface area contributed by atoms with E-state index in [1.165, 1.54) is 6.92 Å². The Morgan fingerprint density at radius 1 is 1.73 bits per heavy atom. The zero-order valence-corrected chi connectivity index (χ0v) is 6.36. The van der Waals surface area contributed by atoms with Gasteiger partial charge >= 0.3 is 0 Å². The monoisotopic (exact) mass is 159 g/mol. The van der Waals surface area contributed by atoms with Crippen LogP contribution in [0.4, 0.5) is 0 Å². The van der Waals surface area contributed by atoms with E-state index < -0.39 is 10.7 Å². The van der Waals surface area contributed by atoms with E-state index in [0.29, 0.717) is 6.20 Å². The highest BCUT2D eigenvalue weighted by Gasteiger charge is 2.08. The number of allylic oxidation sites excluding steroid dienone is 1. The Bertz CT molecular complexity index is 197. The van der Waals surface area contributed by atoms with E-state index in [0.717, 1.165) is 0 Å². The molecule has 0 saturated heterocycles. The molecule has 0 aromatic rings. The van der Waals surface area contributed by atoms with Crippen LogP contribution in [0.2, 0.25) is 0 Å². The number of carbonyl (C=O) groups is 1. The highest BCUT2D eigenvalue weighted by molar-refractivity contribution is 5.90. The topological polar surface area (TPSA) is 69.4 Å². The molecular weight excluding hydrogens is 150 g/mol. The lowest BCUT2D eigenvalue weighted by Crippen LogP contribution is -2.04. The van der Waals surface area contributed by atoms with Gasteiger partial charge in [0.15, 0.2) is 0 Å². The van der Waals surface area contributed by atoms with Crippen molar-refractivity contribution in [1.82, 2.24) is 0 Å². The third-order valence-electron chi connectivity index (χ3n) is 0.869. The van der Waals surface area contributed by atoms with Crippen molar-refractivity contribution in [2.45, 2.75) is 13.8 Å². The molecule has 5 heteroatoms. The lowest BCUT2D eigenvalue weighted by atomic mass is 10.4. The van der Waals surface area contributed by atoms with E-state index in [4.69, 9.17) is 0 Å². The highest BCUT2D eigenvalue weighted by Crippen LogP contribution is 1.98. The molecule has 0 amide bonds. The Morgan fingerprint density at radius 3 is 2.55 bits per heavy atom. The first-order valence-electron chi connectivity index (χ1n) is 3.07. The third-order valence-corrected chi connectivity index (χ3v) is 0.869. The third kappa shape index (κ3) is 4.07. The number of ether oxygens (including phenoxy) is 1. The summed E-state index contributed by atoms with van der Waals surface area (Å²) in [5.74, 6) is -0.652. The van der Waals surface area contributed by atoms with Crippen LogP contribution >= 0.6 is 0 Å². The molecule has 0 radical (unpaired) electrons. The maximum atomic E-state index is 10.6. The summed E-state index contributed by atoms with van der Waals surface area (Å²) >= 11 is 0. The van der Waals surface area contributed by atoms with Crippen molar-refractivity contribution in [2.24, 2.45) is 0 Å². The van der Waals surface area contributed by atoms with Crippen molar-refractivity contribution in [1.29, 1.82) is 0 Å². The molecule has 0 saturated carbocycles. The van der Waals surface area contributed by atoms with Crippen LogP contribution in [0.25, 0.3) is 0 Å². The summed E-state index contributed by atoms with van der Waals surface area (Å²) in [6.07, 6.45) is 0.561. The fourth-order valence-corrected chi connectivity index (χ4v) is 0.481. The lowest BCUT2D eigenvalue weighted by molar-refractivity contribution is -0.404. The van der Waals surface area contributed by atoms with Gasteiger partial charge in [0, 0.05) is 6.92 Å². The summed E-state index contributed by atoms with van der Waals surface area (Å²) in [7, 11) is 0. The maximum absolute atomic E-state index is 10.6. The van der Waals surface area contributed by atoms with Gasteiger partial charge in [-0.25, -0.2) is 0 Å². The second kappa shape index (κ2) is 4.43. The second-order valence-electron chi connectivity index (χ2n) is 1.77. The first-order chi connectivity index (χ1) is 5.07. The van der Waals surface area contributed by atoms with Crippen LogP contribution in [0.5, 0.6) is 0 Å². The first kappa shape index (κ1) is 9.61. The average Bonchev–Trinajstić information content (AvgIpc) is 1.86. The molecule has 0 bridgehead atoms. The van der Waals surface area contributed by atoms with Gasteiger partial charge in [0.25, 0.3) is 6.20 Å². The van der Waals surface area contributed by atoms with Gasteiger partial charge in [-0.05, 0) is 6.92 Å². The van der Waals surface area contributed by atoms with Crippen LogP contribution in [0.15, 0.2) is 12.0 Å². The Kier molecular flexibility index (Phi) is 3.87. The number of ketones is 1. The van der Waals surface area contributed by atoms with Gasteiger partial charge < -0.3 is 4.74 Å². The highest BCUT2D eigenvalue weighted by atomic mass is 16.6. The minimum atomic E-state index is -0.716. The summed E-state index contributed by atoms with van der Waals surface area (Å²) in [5.41, 5.74) is 0. The zero-order valence-electron chi connectivity index (χ0n) is 6.36. The van der Waals surface area contributed by atoms with Crippen molar-refractivity contribution >= 4 is 5.78 Å². The molecule has 0 aromatic carbocycles. The lowest BCUT2D eigenvalue weighted by Gasteiger charge is -1.99. The Hall–Kier alpha value is -1.39. The molecular formula is C6H9NO4. The fourth-order valence-electron chi connectivity index (χ4n) is 0.481. The fraction of sp³-hybridized carbons (Fsp3) is 0.500. The van der Waals surface area contributed by atoms with E-state index >= 15 is 0 Å². The molecule has 62 valence electrons. The van der Waals surface area contributed by atoms with Crippen molar-refractivity contribution in [3.05, 3.63) is 22.1 Å². The second-order valence-corrected chi connectivity index (χ2v) is 1.77. The summed E-state index contributed by atoms with van der Waals surface area (Å²) in [4.78, 5) is 19.7. The molecule has 0 heterocycles. The summed E-state index contributed by atoms with van der Waals surface area (Å²) in [6, 6.07) is 0. The smallest absolute Gasteiger partial charge is 0.279 e. The number of hydrogen-bond acceptors (Lipinski definition) is 4. The Balaban J connectivity index is 4.32. The molecule has 0 atom stereocenters. The standard InChI is InChI=1S/C6H9NO4/c1-3-11-6(5(2)8)4-7(9)10/h4H,3H2,1-2H3. The van der Waals surface area contributed by atoms with Crippen LogP contribution in [-0.4, -0.2) is 17.3 Å². The normalized spacial score (nSPS) is 10.9. The molecule has 0 aromatic heterocycles. The predicted octanol–water partition coefficient (Wildman–Crippen LogP) is 0.730. The van der Waals surface area contributed by atoms with Crippen LogP contribution in [-0.2, 0) is 9.53 Å². The van der Waals surface area contributed by atoms with Crippen LogP contribution < -0.4 is 0 Å². The number of nitrogens with zero attached hydrogens (tertiary/aromatic N) is 1. The van der Waals surface area contributed by atoms with Crippen molar-refractivity contribution in [3.63, 3.8) is 0 Å². The number of rotatable bonds is 4. The molecule has 0 unspecified atom stereocenters. The number of hydrogen-bond donors (Lipinski definition) is 0. The molecule has 0 aliphatic heterocycles. The largest absolute Gasteiger partial charge is 0.485 e. The molecule has 0 aliphatic rings. The van der Waals surface area contributed by atoms with Gasteiger partial charge in [0.2, 0.25) is 11.5 Å². The molecule has 0 spiro atoms. The van der Waals surface area contributed by atoms with Crippen molar-refractivity contribution in [3.8, 4) is 0 Å². The van der Waals surface area contributed by atoms with Crippen molar-refractivity contribution < 1.29 is 14.5 Å². The Morgan fingerprint density at radius 2 is 2.27 bits per heavy atom. The summed E-state index contributed by atoms with van der Waals surface area (Å²) < 4.78 is 4.68. The molecule has 11 heavy (non-hydrogen) atoms. The van der Waals surface area contributed by atoms with E-state index in [1.807, 2.05) is 0 Å². The molecule has 0 N–H and O–H groups in total. The average molecular weight is 159 g/mol. The maximum Gasteiger partial charge on any atom is 0.279 e. The molecule has 0 fully saturated rings. The van der Waals surface area contributed by atoms with Gasteiger partial charge in [-0.2, -0.15) is 0 Å². The minimum absolute atomic E-state index is 0.211. The van der Waals surface area contributed by atoms with E-state index in [1.54, 1.807) is 6.92 Å². The van der Waals surface area contributed by atoms with E-state index in [-0.39, 0.29) is 12.4 Å². The first-order valence-corrected chi connectivity index (χ1v) is 3.07. The van der Waals surface area contributed by atoms with Crippen LogP contribution in [0.3, 0.4) is 0 Å². The quantitative estimate of drug-likeness (QED) is 0.262. The summed E-state index contributed by atoms with van der Waals surface area (Å²) in [5, 5.41) is 9.89. The summed E-state index contributed by atoms with van der Waals surface area (Å²) in [6.45, 7) is 3.11. The van der Waals surface area contributed by atoms with Gasteiger partial charge in [0.05, 0.1) is 11.5 Å². The van der Waals surface area contributed by atoms with Crippen LogP contribution in [0.1, 0.15) is 13.8 Å². The predicted molar refractivity (Wildman–Crippen MR) is 37.4 cm³/mol. The molecule has 0 aliphatic carbocycles. The molecule has 0 rings (SSSR count). The van der Waals surface area contributed by atoms with Gasteiger partial charge in [-0.1, -0.05) is 0 Å². The van der Waals surface area contributed by atoms with E-state index in [2.05, 4.69) is 4.74 Å². The van der Waals surface area contributed by atoms with Crippen molar-refractivity contribution in [2.75, 3.05) is 6.61 Å². The minimum Gasteiger partial charge on any atom is -0.485 e. The molecule has 5 nitrogen and oxygen atoms in total. The number of carbonyl (C=O) groups excluding carboxylic acids is 1. The number of nitro groups is 1. The van der Waals surface area contributed by atoms with Gasteiger partial charge in [-0.15, -0.1) is 0 Å². The van der Waals surface area contributed by atoms with Crippen LogP contribution in [0, 0.1) is 10.1 Å². The Labute approximate surface area is 63.8 Å². The zero-order chi connectivity index (χ0) is 8.85.